The highest BCUT2D eigenvalue weighted by Crippen LogP contribution is 2.17. The molecule has 0 spiro atoms. The van der Waals surface area contributed by atoms with Crippen LogP contribution < -0.4 is 10.2 Å². The summed E-state index contributed by atoms with van der Waals surface area (Å²) < 4.78 is 13.5. The molecule has 130 valence electrons. The smallest absolute Gasteiger partial charge is 0.225 e. The molecule has 2 aromatic rings. The summed E-state index contributed by atoms with van der Waals surface area (Å²) in [5.74, 6) is 0.311. The maximum atomic E-state index is 13.5. The largest absolute Gasteiger partial charge is 0.384 e. The highest BCUT2D eigenvalue weighted by atomic mass is 19.1. The van der Waals surface area contributed by atoms with Gasteiger partial charge in [0.2, 0.25) is 5.95 Å². The van der Waals surface area contributed by atoms with Crippen molar-refractivity contribution >= 4 is 11.6 Å². The van der Waals surface area contributed by atoms with E-state index in [1.54, 1.807) is 24.5 Å². The fourth-order valence-corrected chi connectivity index (χ4v) is 2.94. The highest BCUT2D eigenvalue weighted by Gasteiger charge is 2.18. The molecule has 1 N–H and O–H groups in total. The van der Waals surface area contributed by atoms with Crippen molar-refractivity contribution in [2.75, 3.05) is 49.5 Å². The molecule has 1 saturated heterocycles. The summed E-state index contributed by atoms with van der Waals surface area (Å²) >= 11 is 0. The predicted molar refractivity (Wildman–Crippen MR) is 94.9 cm³/mol. The average Bonchev–Trinajstić information content (AvgIpc) is 2.66. The van der Waals surface area contributed by atoms with Crippen LogP contribution in [-0.2, 0) is 0 Å². The third-order valence-electron chi connectivity index (χ3n) is 4.30. The third-order valence-corrected chi connectivity index (χ3v) is 4.30. The van der Waals surface area contributed by atoms with Crippen molar-refractivity contribution in [3.05, 3.63) is 48.0 Å². The molecule has 2 heterocycles. The number of hydrogen-bond donors (Lipinski definition) is 1. The van der Waals surface area contributed by atoms with Gasteiger partial charge in [0.05, 0.1) is 5.69 Å². The molecule has 0 saturated carbocycles. The fourth-order valence-electron chi connectivity index (χ4n) is 2.94. The number of anilines is 2. The van der Waals surface area contributed by atoms with E-state index in [1.165, 1.54) is 6.07 Å². The summed E-state index contributed by atoms with van der Waals surface area (Å²) in [7, 11) is 0. The first-order valence-corrected chi connectivity index (χ1v) is 8.45. The van der Waals surface area contributed by atoms with E-state index in [1.807, 2.05) is 12.1 Å². The number of hydrogen-bond acceptors (Lipinski definition) is 6. The lowest BCUT2D eigenvalue weighted by Gasteiger charge is -2.34. The van der Waals surface area contributed by atoms with Crippen LogP contribution in [0, 0.1) is 17.1 Å². The molecule has 1 aliphatic rings. The van der Waals surface area contributed by atoms with Crippen molar-refractivity contribution in [3.8, 4) is 6.07 Å². The van der Waals surface area contributed by atoms with Crippen molar-refractivity contribution in [1.29, 1.82) is 5.26 Å². The van der Waals surface area contributed by atoms with Crippen LogP contribution in [0.2, 0.25) is 0 Å². The number of aromatic nitrogens is 2. The van der Waals surface area contributed by atoms with E-state index in [0.717, 1.165) is 45.1 Å². The van der Waals surface area contributed by atoms with Crippen LogP contribution in [0.5, 0.6) is 0 Å². The zero-order valence-electron chi connectivity index (χ0n) is 14.0. The van der Waals surface area contributed by atoms with E-state index in [-0.39, 0.29) is 5.56 Å². The van der Waals surface area contributed by atoms with Crippen LogP contribution in [0.4, 0.5) is 16.0 Å². The van der Waals surface area contributed by atoms with Crippen LogP contribution in [0.1, 0.15) is 12.0 Å². The molecular formula is C18H21FN6. The second kappa shape index (κ2) is 8.40. The number of rotatable bonds is 6. The quantitative estimate of drug-likeness (QED) is 0.813. The average molecular weight is 340 g/mol. The van der Waals surface area contributed by atoms with Gasteiger partial charge in [0.1, 0.15) is 17.4 Å². The molecule has 0 radical (unpaired) electrons. The molecule has 1 aromatic carbocycles. The Labute approximate surface area is 146 Å². The minimum atomic E-state index is -0.480. The number of nitrogens with one attached hydrogen (secondary N) is 1. The van der Waals surface area contributed by atoms with Gasteiger partial charge in [-0.25, -0.2) is 14.4 Å². The van der Waals surface area contributed by atoms with Gasteiger partial charge in [-0.05, 0) is 31.2 Å². The molecule has 25 heavy (non-hydrogen) atoms. The van der Waals surface area contributed by atoms with Crippen molar-refractivity contribution in [3.63, 3.8) is 0 Å². The predicted octanol–water partition coefficient (Wildman–Crippen LogP) is 2.11. The van der Waals surface area contributed by atoms with Crippen LogP contribution >= 0.6 is 0 Å². The second-order valence-electron chi connectivity index (χ2n) is 5.93. The molecule has 1 aliphatic heterocycles. The van der Waals surface area contributed by atoms with E-state index >= 15 is 0 Å². The topological polar surface area (TPSA) is 68.1 Å². The molecule has 1 aromatic heterocycles. The molecule has 7 heteroatoms. The van der Waals surface area contributed by atoms with E-state index in [2.05, 4.69) is 25.1 Å². The summed E-state index contributed by atoms with van der Waals surface area (Å²) in [6.45, 7) is 5.46. The summed E-state index contributed by atoms with van der Waals surface area (Å²) in [4.78, 5) is 13.2. The molecule has 0 atom stereocenters. The highest BCUT2D eigenvalue weighted by molar-refractivity contribution is 5.57. The number of halogens is 1. The van der Waals surface area contributed by atoms with E-state index in [9.17, 15) is 4.39 Å². The van der Waals surface area contributed by atoms with Crippen LogP contribution in [-0.4, -0.2) is 54.1 Å². The Morgan fingerprint density at radius 3 is 2.60 bits per heavy atom. The Kier molecular flexibility index (Phi) is 5.75. The molecular weight excluding hydrogens is 319 g/mol. The minimum absolute atomic E-state index is 0.0824. The maximum Gasteiger partial charge on any atom is 0.225 e. The minimum Gasteiger partial charge on any atom is -0.384 e. The van der Waals surface area contributed by atoms with E-state index in [0.29, 0.717) is 12.2 Å². The van der Waals surface area contributed by atoms with Gasteiger partial charge in [-0.3, -0.25) is 4.90 Å². The molecule has 0 bridgehead atoms. The first-order valence-electron chi connectivity index (χ1n) is 8.45. The Bertz CT molecular complexity index is 722. The van der Waals surface area contributed by atoms with Gasteiger partial charge in [0.15, 0.2) is 0 Å². The summed E-state index contributed by atoms with van der Waals surface area (Å²) in [6.07, 6.45) is 4.47. The van der Waals surface area contributed by atoms with Gasteiger partial charge in [-0.2, -0.15) is 5.26 Å². The van der Waals surface area contributed by atoms with Gasteiger partial charge in [-0.1, -0.05) is 6.07 Å². The SMILES string of the molecule is N#Cc1c(F)cccc1NCCCN1CCN(c2ncccn2)CC1. The second-order valence-corrected chi connectivity index (χ2v) is 5.93. The normalized spacial score (nSPS) is 15.0. The van der Waals surface area contributed by atoms with E-state index < -0.39 is 5.82 Å². The Balaban J connectivity index is 1.40. The first kappa shape index (κ1) is 17.1. The zero-order valence-corrected chi connectivity index (χ0v) is 14.0. The summed E-state index contributed by atoms with van der Waals surface area (Å²) in [5.41, 5.74) is 0.646. The van der Waals surface area contributed by atoms with Gasteiger partial charge in [0.25, 0.3) is 0 Å². The number of benzene rings is 1. The Morgan fingerprint density at radius 2 is 1.88 bits per heavy atom. The van der Waals surface area contributed by atoms with Crippen molar-refractivity contribution < 1.29 is 4.39 Å². The monoisotopic (exact) mass is 340 g/mol. The molecule has 0 unspecified atom stereocenters. The third kappa shape index (κ3) is 4.43. The molecule has 0 aliphatic carbocycles. The zero-order chi connectivity index (χ0) is 17.5. The summed E-state index contributed by atoms with van der Waals surface area (Å²) in [5, 5.41) is 12.2. The maximum absolute atomic E-state index is 13.5. The number of nitrogens with zero attached hydrogens (tertiary/aromatic N) is 5. The lowest BCUT2D eigenvalue weighted by Crippen LogP contribution is -2.47. The first-order chi connectivity index (χ1) is 12.3. The standard InChI is InChI=1S/C18H21FN6/c19-16-4-1-5-17(15(16)14-20)21-8-3-9-24-10-12-25(13-11-24)18-22-6-2-7-23-18/h1-2,4-7,21H,3,8-13H2. The lowest BCUT2D eigenvalue weighted by atomic mass is 10.2. The van der Waals surface area contributed by atoms with Gasteiger partial charge < -0.3 is 10.2 Å². The molecule has 0 amide bonds. The van der Waals surface area contributed by atoms with Gasteiger partial charge >= 0.3 is 0 Å². The Hall–Kier alpha value is -2.72. The van der Waals surface area contributed by atoms with Crippen molar-refractivity contribution in [2.24, 2.45) is 0 Å². The molecule has 6 nitrogen and oxygen atoms in total. The molecule has 1 fully saturated rings. The van der Waals surface area contributed by atoms with Crippen molar-refractivity contribution in [2.45, 2.75) is 6.42 Å². The fraction of sp³-hybridized carbons (Fsp3) is 0.389. The lowest BCUT2D eigenvalue weighted by molar-refractivity contribution is 0.256. The summed E-state index contributed by atoms with van der Waals surface area (Å²) in [6, 6.07) is 8.39. The van der Waals surface area contributed by atoms with Crippen molar-refractivity contribution in [1.82, 2.24) is 14.9 Å². The van der Waals surface area contributed by atoms with Gasteiger partial charge in [-0.15, -0.1) is 0 Å². The Morgan fingerprint density at radius 1 is 1.12 bits per heavy atom. The van der Waals surface area contributed by atoms with Crippen LogP contribution in [0.25, 0.3) is 0 Å². The van der Waals surface area contributed by atoms with E-state index in [4.69, 9.17) is 5.26 Å². The van der Waals surface area contributed by atoms with Gasteiger partial charge in [0, 0.05) is 45.1 Å². The molecule has 3 rings (SSSR count). The number of piperazine rings is 1. The van der Waals surface area contributed by atoms with Crippen LogP contribution in [0.15, 0.2) is 36.7 Å². The number of nitriles is 1. The van der Waals surface area contributed by atoms with Crippen LogP contribution in [0.3, 0.4) is 0 Å².